The van der Waals surface area contributed by atoms with E-state index < -0.39 is 17.6 Å². The summed E-state index contributed by atoms with van der Waals surface area (Å²) in [6.45, 7) is 0.0459. The second kappa shape index (κ2) is 6.99. The number of ether oxygens (including phenoxy) is 2. The summed E-state index contributed by atoms with van der Waals surface area (Å²) in [5.74, 6) is -0.488. The molecule has 3 aromatic rings. The SMILES string of the molecule is COC(=O)[C@@H](N)COC1(c2ccccc2)c2ccccc2-c2ccccc21. The third-order valence-corrected chi connectivity index (χ3v) is 5.07. The van der Waals surface area contributed by atoms with Crippen molar-refractivity contribution < 1.29 is 14.3 Å². The van der Waals surface area contributed by atoms with Crippen LogP contribution >= 0.6 is 0 Å². The van der Waals surface area contributed by atoms with E-state index in [0.29, 0.717) is 0 Å². The highest BCUT2D eigenvalue weighted by Gasteiger charge is 2.46. The molecule has 4 rings (SSSR count). The van der Waals surface area contributed by atoms with E-state index >= 15 is 0 Å². The number of benzene rings is 3. The van der Waals surface area contributed by atoms with Gasteiger partial charge in [-0.15, -0.1) is 0 Å². The number of methoxy groups -OCH3 is 1. The molecule has 1 aliphatic rings. The van der Waals surface area contributed by atoms with Crippen LogP contribution in [-0.2, 0) is 19.9 Å². The molecule has 0 radical (unpaired) electrons. The Labute approximate surface area is 158 Å². The first-order chi connectivity index (χ1) is 13.2. The Morgan fingerprint density at radius 3 is 1.96 bits per heavy atom. The Balaban J connectivity index is 1.90. The number of rotatable bonds is 5. The molecule has 136 valence electrons. The fourth-order valence-electron chi connectivity index (χ4n) is 3.85. The van der Waals surface area contributed by atoms with Crippen molar-refractivity contribution in [3.63, 3.8) is 0 Å². The zero-order valence-electron chi connectivity index (χ0n) is 15.1. The van der Waals surface area contributed by atoms with Gasteiger partial charge in [-0.2, -0.15) is 0 Å². The molecule has 0 saturated carbocycles. The number of fused-ring (bicyclic) bond motifs is 3. The molecule has 4 nitrogen and oxygen atoms in total. The molecule has 1 aliphatic carbocycles. The first-order valence-electron chi connectivity index (χ1n) is 8.90. The smallest absolute Gasteiger partial charge is 0.325 e. The van der Waals surface area contributed by atoms with Crippen LogP contribution in [0.25, 0.3) is 11.1 Å². The van der Waals surface area contributed by atoms with Crippen molar-refractivity contribution in [2.75, 3.05) is 13.7 Å². The lowest BCUT2D eigenvalue weighted by Gasteiger charge is -2.33. The summed E-state index contributed by atoms with van der Waals surface area (Å²) in [5, 5.41) is 0. The van der Waals surface area contributed by atoms with E-state index in [9.17, 15) is 4.79 Å². The zero-order valence-corrected chi connectivity index (χ0v) is 15.1. The van der Waals surface area contributed by atoms with Crippen molar-refractivity contribution in [1.29, 1.82) is 0 Å². The van der Waals surface area contributed by atoms with Gasteiger partial charge < -0.3 is 15.2 Å². The van der Waals surface area contributed by atoms with Gasteiger partial charge in [0.25, 0.3) is 0 Å². The quantitative estimate of drug-likeness (QED) is 0.709. The van der Waals surface area contributed by atoms with Crippen LogP contribution in [0.15, 0.2) is 78.9 Å². The number of carbonyl (C=O) groups excluding carboxylic acids is 1. The third kappa shape index (κ3) is 2.74. The molecule has 0 bridgehead atoms. The van der Waals surface area contributed by atoms with Crippen LogP contribution in [0.2, 0.25) is 0 Å². The number of hydrogen-bond donors (Lipinski definition) is 1. The maximum atomic E-state index is 11.8. The lowest BCUT2D eigenvalue weighted by molar-refractivity contribution is -0.144. The zero-order chi connectivity index (χ0) is 18.9. The summed E-state index contributed by atoms with van der Waals surface area (Å²) in [4.78, 5) is 11.8. The number of hydrogen-bond acceptors (Lipinski definition) is 4. The van der Waals surface area contributed by atoms with Crippen molar-refractivity contribution in [3.05, 3.63) is 95.6 Å². The molecule has 1 atom stereocenters. The topological polar surface area (TPSA) is 61.5 Å². The maximum Gasteiger partial charge on any atom is 0.325 e. The summed E-state index contributed by atoms with van der Waals surface area (Å²) in [7, 11) is 1.33. The fraction of sp³-hybridized carbons (Fsp3) is 0.174. The minimum Gasteiger partial charge on any atom is -0.468 e. The molecule has 0 spiro atoms. The largest absolute Gasteiger partial charge is 0.468 e. The number of esters is 1. The molecule has 0 unspecified atom stereocenters. The second-order valence-electron chi connectivity index (χ2n) is 6.58. The molecule has 3 aromatic carbocycles. The van der Waals surface area contributed by atoms with Crippen LogP contribution in [0.1, 0.15) is 16.7 Å². The van der Waals surface area contributed by atoms with Crippen LogP contribution < -0.4 is 5.73 Å². The van der Waals surface area contributed by atoms with E-state index in [4.69, 9.17) is 15.2 Å². The van der Waals surface area contributed by atoms with Crippen molar-refractivity contribution in [1.82, 2.24) is 0 Å². The van der Waals surface area contributed by atoms with Gasteiger partial charge in [-0.1, -0.05) is 78.9 Å². The second-order valence-corrected chi connectivity index (χ2v) is 6.58. The van der Waals surface area contributed by atoms with Gasteiger partial charge in [-0.05, 0) is 16.7 Å². The van der Waals surface area contributed by atoms with Crippen LogP contribution in [-0.4, -0.2) is 25.7 Å². The fourth-order valence-corrected chi connectivity index (χ4v) is 3.85. The van der Waals surface area contributed by atoms with E-state index in [-0.39, 0.29) is 6.61 Å². The average Bonchev–Trinajstić information content (AvgIpc) is 3.03. The molecule has 4 heteroatoms. The highest BCUT2D eigenvalue weighted by Crippen LogP contribution is 2.53. The Hall–Kier alpha value is -2.95. The van der Waals surface area contributed by atoms with Gasteiger partial charge >= 0.3 is 5.97 Å². The van der Waals surface area contributed by atoms with E-state index in [2.05, 4.69) is 24.3 Å². The molecule has 0 aromatic heterocycles. The highest BCUT2D eigenvalue weighted by atomic mass is 16.5. The molecule has 0 fully saturated rings. The summed E-state index contributed by atoms with van der Waals surface area (Å²) in [6.07, 6.45) is 0. The number of nitrogens with two attached hydrogens (primary N) is 1. The lowest BCUT2D eigenvalue weighted by atomic mass is 9.84. The van der Waals surface area contributed by atoms with Gasteiger partial charge in [-0.3, -0.25) is 4.79 Å². The molecule has 0 aliphatic heterocycles. The lowest BCUT2D eigenvalue weighted by Crippen LogP contribution is -2.41. The van der Waals surface area contributed by atoms with Crippen LogP contribution in [0.4, 0.5) is 0 Å². The molecule has 2 N–H and O–H groups in total. The van der Waals surface area contributed by atoms with Crippen LogP contribution in [0.3, 0.4) is 0 Å². The average molecular weight is 359 g/mol. The molecule has 0 heterocycles. The minimum absolute atomic E-state index is 0.0459. The first kappa shape index (κ1) is 17.5. The van der Waals surface area contributed by atoms with Crippen molar-refractivity contribution in [2.24, 2.45) is 5.73 Å². The summed E-state index contributed by atoms with van der Waals surface area (Å²) < 4.78 is 11.2. The first-order valence-corrected chi connectivity index (χ1v) is 8.90. The number of carbonyl (C=O) groups is 1. The van der Waals surface area contributed by atoms with Gasteiger partial charge in [0, 0.05) is 11.1 Å². The van der Waals surface area contributed by atoms with Crippen molar-refractivity contribution in [3.8, 4) is 11.1 Å². The molecule has 0 saturated heterocycles. The van der Waals surface area contributed by atoms with Crippen LogP contribution in [0, 0.1) is 0 Å². The summed E-state index contributed by atoms with van der Waals surface area (Å²) in [5.41, 5.74) is 10.5. The summed E-state index contributed by atoms with van der Waals surface area (Å²) >= 11 is 0. The standard InChI is InChI=1S/C23H21NO3/c1-26-22(25)21(24)15-27-23(16-9-3-2-4-10-16)19-13-7-5-11-17(19)18-12-6-8-14-20(18)23/h2-14,21H,15,24H2,1H3/t21-/m0/s1. The predicted molar refractivity (Wildman–Crippen MR) is 104 cm³/mol. The molecule has 0 amide bonds. The Kier molecular flexibility index (Phi) is 4.52. The Morgan fingerprint density at radius 1 is 0.889 bits per heavy atom. The Morgan fingerprint density at radius 2 is 1.41 bits per heavy atom. The van der Waals surface area contributed by atoms with Gasteiger partial charge in [0.2, 0.25) is 0 Å². The van der Waals surface area contributed by atoms with Gasteiger partial charge in [0.05, 0.1) is 13.7 Å². The van der Waals surface area contributed by atoms with E-state index in [1.165, 1.54) is 7.11 Å². The third-order valence-electron chi connectivity index (χ3n) is 5.07. The molecule has 27 heavy (non-hydrogen) atoms. The normalized spacial score (nSPS) is 14.9. The van der Waals surface area contributed by atoms with Crippen molar-refractivity contribution >= 4 is 5.97 Å². The van der Waals surface area contributed by atoms with Crippen LogP contribution in [0.5, 0.6) is 0 Å². The highest BCUT2D eigenvalue weighted by molar-refractivity contribution is 5.82. The Bertz CT molecular complexity index is 923. The maximum absolute atomic E-state index is 11.8. The van der Waals surface area contributed by atoms with E-state index in [1.54, 1.807) is 0 Å². The van der Waals surface area contributed by atoms with E-state index in [1.807, 2.05) is 54.6 Å². The predicted octanol–water partition coefficient (Wildman–Crippen LogP) is 3.48. The molecular weight excluding hydrogens is 338 g/mol. The monoisotopic (exact) mass is 359 g/mol. The summed E-state index contributed by atoms with van der Waals surface area (Å²) in [6, 6.07) is 25.6. The van der Waals surface area contributed by atoms with Gasteiger partial charge in [-0.25, -0.2) is 0 Å². The van der Waals surface area contributed by atoms with Gasteiger partial charge in [0.1, 0.15) is 11.6 Å². The van der Waals surface area contributed by atoms with Crippen molar-refractivity contribution in [2.45, 2.75) is 11.6 Å². The minimum atomic E-state index is -0.851. The molecular formula is C23H21NO3. The van der Waals surface area contributed by atoms with Gasteiger partial charge in [0.15, 0.2) is 0 Å². The van der Waals surface area contributed by atoms with E-state index in [0.717, 1.165) is 27.8 Å².